The number of imide groups is 1. The van der Waals surface area contributed by atoms with E-state index in [0.29, 0.717) is 11.3 Å². The Kier molecular flexibility index (Phi) is 3.14. The summed E-state index contributed by atoms with van der Waals surface area (Å²) in [5.74, 6) is -1.87. The molecule has 94 valence electrons. The number of carboxylic acids is 1. The lowest BCUT2D eigenvalue weighted by molar-refractivity contribution is -0.136. The first-order valence-corrected chi connectivity index (χ1v) is 5.67. The molecule has 1 fully saturated rings. The van der Waals surface area contributed by atoms with Crippen molar-refractivity contribution in [3.8, 4) is 0 Å². The molecule has 1 aliphatic heterocycles. The SMILES string of the molecule is CC1CC(=O)N(c2ccccc2CC(=O)O)C1=O. The predicted molar refractivity (Wildman–Crippen MR) is 64.1 cm³/mol. The number of nitrogens with zero attached hydrogens (tertiary/aromatic N) is 1. The van der Waals surface area contributed by atoms with E-state index >= 15 is 0 Å². The lowest BCUT2D eigenvalue weighted by Gasteiger charge is -2.17. The fourth-order valence-electron chi connectivity index (χ4n) is 2.08. The second kappa shape index (κ2) is 4.60. The molecule has 0 spiro atoms. The predicted octanol–water partition coefficient (Wildman–Crippen LogP) is 1.21. The number of amides is 2. The molecule has 5 nitrogen and oxygen atoms in total. The van der Waals surface area contributed by atoms with Gasteiger partial charge in [-0.05, 0) is 11.6 Å². The van der Waals surface area contributed by atoms with Gasteiger partial charge in [0, 0.05) is 12.3 Å². The fourth-order valence-corrected chi connectivity index (χ4v) is 2.08. The third-order valence-electron chi connectivity index (χ3n) is 2.95. The van der Waals surface area contributed by atoms with E-state index in [4.69, 9.17) is 5.11 Å². The van der Waals surface area contributed by atoms with E-state index < -0.39 is 5.97 Å². The molecule has 2 amide bonds. The molecule has 0 aromatic heterocycles. The lowest BCUT2D eigenvalue weighted by atomic mass is 10.1. The Bertz CT molecular complexity index is 523. The van der Waals surface area contributed by atoms with Crippen molar-refractivity contribution in [2.24, 2.45) is 5.92 Å². The molecule has 1 atom stereocenters. The van der Waals surface area contributed by atoms with Crippen LogP contribution in [0.5, 0.6) is 0 Å². The molecule has 1 N–H and O–H groups in total. The van der Waals surface area contributed by atoms with Gasteiger partial charge in [0.25, 0.3) is 0 Å². The molecule has 5 heteroatoms. The van der Waals surface area contributed by atoms with Gasteiger partial charge in [0.1, 0.15) is 0 Å². The minimum absolute atomic E-state index is 0.181. The maximum absolute atomic E-state index is 11.9. The highest BCUT2D eigenvalue weighted by atomic mass is 16.4. The Morgan fingerprint density at radius 2 is 2.06 bits per heavy atom. The molecule has 1 heterocycles. The number of hydrogen-bond donors (Lipinski definition) is 1. The van der Waals surface area contributed by atoms with Crippen molar-refractivity contribution in [1.82, 2.24) is 0 Å². The number of rotatable bonds is 3. The van der Waals surface area contributed by atoms with Crippen molar-refractivity contribution in [1.29, 1.82) is 0 Å². The summed E-state index contributed by atoms with van der Waals surface area (Å²) < 4.78 is 0. The quantitative estimate of drug-likeness (QED) is 0.815. The van der Waals surface area contributed by atoms with Crippen LogP contribution >= 0.6 is 0 Å². The number of carboxylic acid groups (broad SMARTS) is 1. The van der Waals surface area contributed by atoms with Gasteiger partial charge in [-0.2, -0.15) is 0 Å². The molecule has 0 aliphatic carbocycles. The molecule has 0 saturated carbocycles. The minimum Gasteiger partial charge on any atom is -0.481 e. The van der Waals surface area contributed by atoms with Gasteiger partial charge in [-0.15, -0.1) is 0 Å². The van der Waals surface area contributed by atoms with Crippen LogP contribution in [0.25, 0.3) is 0 Å². The first kappa shape index (κ1) is 12.3. The van der Waals surface area contributed by atoms with Gasteiger partial charge >= 0.3 is 5.97 Å². The molecular weight excluding hydrogens is 234 g/mol. The summed E-state index contributed by atoms with van der Waals surface area (Å²) in [5, 5.41) is 8.83. The van der Waals surface area contributed by atoms with Crippen LogP contribution in [-0.4, -0.2) is 22.9 Å². The van der Waals surface area contributed by atoms with Gasteiger partial charge in [-0.1, -0.05) is 25.1 Å². The second-order valence-corrected chi connectivity index (χ2v) is 4.37. The summed E-state index contributed by atoms with van der Waals surface area (Å²) in [4.78, 5) is 35.6. The van der Waals surface area contributed by atoms with Crippen molar-refractivity contribution in [2.45, 2.75) is 19.8 Å². The highest BCUT2D eigenvalue weighted by Crippen LogP contribution is 2.29. The zero-order chi connectivity index (χ0) is 13.3. The summed E-state index contributed by atoms with van der Waals surface area (Å²) in [6.07, 6.45) is -0.0259. The van der Waals surface area contributed by atoms with Gasteiger partial charge in [-0.25, -0.2) is 0 Å². The molecular formula is C13H13NO4. The third-order valence-corrected chi connectivity index (χ3v) is 2.95. The Labute approximate surface area is 104 Å². The van der Waals surface area contributed by atoms with Crippen molar-refractivity contribution in [3.63, 3.8) is 0 Å². The van der Waals surface area contributed by atoms with E-state index in [0.717, 1.165) is 4.90 Å². The van der Waals surface area contributed by atoms with E-state index in [9.17, 15) is 14.4 Å². The second-order valence-electron chi connectivity index (χ2n) is 4.37. The molecule has 0 radical (unpaired) electrons. The summed E-state index contributed by atoms with van der Waals surface area (Å²) in [7, 11) is 0. The number of aliphatic carboxylic acids is 1. The van der Waals surface area contributed by atoms with Gasteiger partial charge in [0.05, 0.1) is 12.1 Å². The smallest absolute Gasteiger partial charge is 0.307 e. The largest absolute Gasteiger partial charge is 0.481 e. The standard InChI is InChI=1S/C13H13NO4/c1-8-6-11(15)14(13(8)18)10-5-3-2-4-9(10)7-12(16)17/h2-5,8H,6-7H2,1H3,(H,16,17). The Hall–Kier alpha value is -2.17. The number of carbonyl (C=O) groups excluding carboxylic acids is 2. The van der Waals surface area contributed by atoms with Crippen molar-refractivity contribution < 1.29 is 19.5 Å². The first-order valence-electron chi connectivity index (χ1n) is 5.67. The highest BCUT2D eigenvalue weighted by molar-refractivity contribution is 6.21. The molecule has 1 unspecified atom stereocenters. The number of hydrogen-bond acceptors (Lipinski definition) is 3. The van der Waals surface area contributed by atoms with Gasteiger partial charge in [0.2, 0.25) is 11.8 Å². The lowest BCUT2D eigenvalue weighted by Crippen LogP contribution is -2.31. The number of carbonyl (C=O) groups is 3. The Balaban J connectivity index is 2.42. The topological polar surface area (TPSA) is 74.7 Å². The van der Waals surface area contributed by atoms with E-state index in [1.807, 2.05) is 0 Å². The molecule has 18 heavy (non-hydrogen) atoms. The summed E-state index contributed by atoms with van der Waals surface area (Å²) >= 11 is 0. The van der Waals surface area contributed by atoms with Crippen LogP contribution in [0, 0.1) is 5.92 Å². The van der Waals surface area contributed by atoms with Crippen LogP contribution in [0.1, 0.15) is 18.9 Å². The van der Waals surface area contributed by atoms with E-state index in [1.54, 1.807) is 31.2 Å². The molecule has 2 rings (SSSR count). The fraction of sp³-hybridized carbons (Fsp3) is 0.308. The zero-order valence-corrected chi connectivity index (χ0v) is 9.92. The summed E-state index contributed by atoms with van der Waals surface area (Å²) in [6, 6.07) is 6.60. The van der Waals surface area contributed by atoms with E-state index in [2.05, 4.69) is 0 Å². The molecule has 0 bridgehead atoms. The van der Waals surface area contributed by atoms with Gasteiger partial charge in [-0.3, -0.25) is 19.3 Å². The maximum Gasteiger partial charge on any atom is 0.307 e. The van der Waals surface area contributed by atoms with Crippen LogP contribution < -0.4 is 4.90 Å². The Morgan fingerprint density at radius 1 is 1.39 bits per heavy atom. The molecule has 1 aromatic rings. The van der Waals surface area contributed by atoms with Crippen LogP contribution in [-0.2, 0) is 20.8 Å². The van der Waals surface area contributed by atoms with Crippen LogP contribution in [0.3, 0.4) is 0 Å². The average molecular weight is 247 g/mol. The number of para-hydroxylation sites is 1. The van der Waals surface area contributed by atoms with E-state index in [1.165, 1.54) is 0 Å². The maximum atomic E-state index is 11.9. The first-order chi connectivity index (χ1) is 8.50. The highest BCUT2D eigenvalue weighted by Gasteiger charge is 2.37. The van der Waals surface area contributed by atoms with Crippen molar-refractivity contribution >= 4 is 23.5 Å². The molecule has 1 aliphatic rings. The average Bonchev–Trinajstić information content (AvgIpc) is 2.54. The van der Waals surface area contributed by atoms with Gasteiger partial charge in [0.15, 0.2) is 0 Å². The minimum atomic E-state index is -0.991. The summed E-state index contributed by atoms with van der Waals surface area (Å²) in [5.41, 5.74) is 0.861. The van der Waals surface area contributed by atoms with Gasteiger partial charge < -0.3 is 5.11 Å². The Morgan fingerprint density at radius 3 is 2.61 bits per heavy atom. The normalized spacial score (nSPS) is 19.4. The van der Waals surface area contributed by atoms with Crippen LogP contribution in [0.2, 0.25) is 0 Å². The van der Waals surface area contributed by atoms with Crippen molar-refractivity contribution in [2.75, 3.05) is 4.90 Å². The van der Waals surface area contributed by atoms with Crippen LogP contribution in [0.4, 0.5) is 5.69 Å². The monoisotopic (exact) mass is 247 g/mol. The van der Waals surface area contributed by atoms with E-state index in [-0.39, 0.29) is 30.6 Å². The molecule has 1 saturated heterocycles. The summed E-state index contributed by atoms with van der Waals surface area (Å²) in [6.45, 7) is 1.69. The molecule has 1 aromatic carbocycles. The van der Waals surface area contributed by atoms with Crippen molar-refractivity contribution in [3.05, 3.63) is 29.8 Å². The number of anilines is 1. The number of benzene rings is 1. The zero-order valence-electron chi connectivity index (χ0n) is 9.92. The van der Waals surface area contributed by atoms with Crippen LogP contribution in [0.15, 0.2) is 24.3 Å². The third kappa shape index (κ3) is 2.11.